The molecule has 0 aliphatic carbocycles. The molecule has 5 heteroatoms. The fourth-order valence-corrected chi connectivity index (χ4v) is 3.00. The molecule has 2 atom stereocenters. The second kappa shape index (κ2) is 5.57. The van der Waals surface area contributed by atoms with Crippen LogP contribution in [0.2, 0.25) is 0 Å². The first kappa shape index (κ1) is 14.4. The van der Waals surface area contributed by atoms with E-state index in [4.69, 9.17) is 0 Å². The molecule has 19 heavy (non-hydrogen) atoms. The summed E-state index contributed by atoms with van der Waals surface area (Å²) in [6.07, 6.45) is 1.74. The summed E-state index contributed by atoms with van der Waals surface area (Å²) >= 11 is 3.01. The minimum atomic E-state index is -0.817. The Balaban J connectivity index is 2.30. The van der Waals surface area contributed by atoms with Gasteiger partial charge in [0.2, 0.25) is 0 Å². The van der Waals surface area contributed by atoms with Crippen molar-refractivity contribution >= 4 is 21.8 Å². The zero-order valence-corrected chi connectivity index (χ0v) is 12.5. The van der Waals surface area contributed by atoms with Crippen molar-refractivity contribution in [2.24, 2.45) is 5.92 Å². The van der Waals surface area contributed by atoms with Crippen molar-refractivity contribution in [1.29, 1.82) is 0 Å². The first-order valence-corrected chi connectivity index (χ1v) is 7.15. The van der Waals surface area contributed by atoms with Crippen LogP contribution in [0.3, 0.4) is 0 Å². The standard InChI is InChI=1S/C14H16BrF2NO/c1-8-3-4-18(9(2)5-8)14(19)13-11(16)6-10(15)7-12(13)17/h6-9H,3-5H2,1-2H3. The highest BCUT2D eigenvalue weighted by Crippen LogP contribution is 2.26. The summed E-state index contributed by atoms with van der Waals surface area (Å²) in [5.41, 5.74) is -0.454. The van der Waals surface area contributed by atoms with Gasteiger partial charge in [-0.05, 0) is 37.8 Å². The highest BCUT2D eigenvalue weighted by Gasteiger charge is 2.30. The molecule has 0 bridgehead atoms. The topological polar surface area (TPSA) is 20.3 Å². The smallest absolute Gasteiger partial charge is 0.260 e. The normalized spacial score (nSPS) is 23.5. The molecule has 1 saturated heterocycles. The van der Waals surface area contributed by atoms with Gasteiger partial charge in [-0.1, -0.05) is 22.9 Å². The van der Waals surface area contributed by atoms with Crippen LogP contribution in [-0.4, -0.2) is 23.4 Å². The Morgan fingerprint density at radius 3 is 2.42 bits per heavy atom. The maximum absolute atomic E-state index is 13.8. The SMILES string of the molecule is CC1CCN(C(=O)c2c(F)cc(Br)cc2F)C(C)C1. The maximum atomic E-state index is 13.8. The van der Waals surface area contributed by atoms with Gasteiger partial charge in [0.1, 0.15) is 17.2 Å². The third-order valence-corrected chi connectivity index (χ3v) is 4.08. The Bertz CT molecular complexity index is 483. The molecule has 1 aromatic carbocycles. The van der Waals surface area contributed by atoms with Gasteiger partial charge >= 0.3 is 0 Å². The number of piperidine rings is 1. The number of hydrogen-bond donors (Lipinski definition) is 0. The molecule has 1 heterocycles. The molecule has 1 fully saturated rings. The fraction of sp³-hybridized carbons (Fsp3) is 0.500. The number of benzene rings is 1. The minimum absolute atomic E-state index is 0.0127. The molecule has 0 N–H and O–H groups in total. The van der Waals surface area contributed by atoms with Gasteiger partial charge in [-0.3, -0.25) is 4.79 Å². The Kier molecular flexibility index (Phi) is 4.23. The molecule has 1 aromatic rings. The zero-order chi connectivity index (χ0) is 14.2. The molecule has 1 aliphatic rings. The largest absolute Gasteiger partial charge is 0.336 e. The van der Waals surface area contributed by atoms with Crippen molar-refractivity contribution in [1.82, 2.24) is 4.90 Å². The summed E-state index contributed by atoms with van der Waals surface area (Å²) < 4.78 is 27.9. The number of likely N-dealkylation sites (tertiary alicyclic amines) is 1. The van der Waals surface area contributed by atoms with Gasteiger partial charge < -0.3 is 4.90 Å². The van der Waals surface area contributed by atoms with E-state index in [0.29, 0.717) is 16.9 Å². The molecule has 1 aliphatic heterocycles. The zero-order valence-electron chi connectivity index (χ0n) is 10.9. The quantitative estimate of drug-likeness (QED) is 0.762. The number of carbonyl (C=O) groups is 1. The van der Waals surface area contributed by atoms with Crippen LogP contribution in [0.25, 0.3) is 0 Å². The first-order chi connectivity index (χ1) is 8.90. The first-order valence-electron chi connectivity index (χ1n) is 6.35. The van der Waals surface area contributed by atoms with Crippen molar-refractivity contribution in [2.75, 3.05) is 6.54 Å². The van der Waals surface area contributed by atoms with Crippen LogP contribution < -0.4 is 0 Å². The van der Waals surface area contributed by atoms with E-state index in [-0.39, 0.29) is 6.04 Å². The summed E-state index contributed by atoms with van der Waals surface area (Å²) in [6.45, 7) is 4.59. The average Bonchev–Trinajstić information content (AvgIpc) is 2.26. The second-order valence-corrected chi connectivity index (χ2v) is 6.14. The summed E-state index contributed by atoms with van der Waals surface area (Å²) in [4.78, 5) is 13.9. The van der Waals surface area contributed by atoms with E-state index in [1.54, 1.807) is 4.90 Å². The second-order valence-electron chi connectivity index (χ2n) is 5.22. The van der Waals surface area contributed by atoms with Gasteiger partial charge in [-0.15, -0.1) is 0 Å². The van der Waals surface area contributed by atoms with E-state index in [0.717, 1.165) is 25.0 Å². The van der Waals surface area contributed by atoms with Crippen LogP contribution in [-0.2, 0) is 0 Å². The average molecular weight is 332 g/mol. The van der Waals surface area contributed by atoms with Gasteiger partial charge in [0, 0.05) is 17.1 Å². The molecular weight excluding hydrogens is 316 g/mol. The van der Waals surface area contributed by atoms with Gasteiger partial charge in [-0.25, -0.2) is 8.78 Å². The number of carbonyl (C=O) groups excluding carboxylic acids is 1. The van der Waals surface area contributed by atoms with E-state index < -0.39 is 23.1 Å². The van der Waals surface area contributed by atoms with Crippen molar-refractivity contribution < 1.29 is 13.6 Å². The van der Waals surface area contributed by atoms with Gasteiger partial charge in [-0.2, -0.15) is 0 Å². The predicted molar refractivity (Wildman–Crippen MR) is 73.0 cm³/mol. The number of halogens is 3. The summed E-state index contributed by atoms with van der Waals surface area (Å²) in [7, 11) is 0. The van der Waals surface area contributed by atoms with Crippen LogP contribution in [0.1, 0.15) is 37.0 Å². The van der Waals surface area contributed by atoms with Crippen LogP contribution in [0.15, 0.2) is 16.6 Å². The van der Waals surface area contributed by atoms with E-state index >= 15 is 0 Å². The summed E-state index contributed by atoms with van der Waals surface area (Å²) in [6, 6.07) is 2.25. The highest BCUT2D eigenvalue weighted by molar-refractivity contribution is 9.10. The Morgan fingerprint density at radius 1 is 1.32 bits per heavy atom. The Hall–Kier alpha value is -0.970. The van der Waals surface area contributed by atoms with Crippen LogP contribution >= 0.6 is 15.9 Å². The molecule has 2 unspecified atom stereocenters. The maximum Gasteiger partial charge on any atom is 0.260 e. The van der Waals surface area contributed by atoms with Crippen molar-refractivity contribution in [3.63, 3.8) is 0 Å². The third kappa shape index (κ3) is 2.96. The fourth-order valence-electron chi connectivity index (χ4n) is 2.60. The predicted octanol–water partition coefficient (Wildman–Crippen LogP) is 3.99. The molecule has 0 saturated carbocycles. The van der Waals surface area contributed by atoms with Crippen molar-refractivity contribution in [3.05, 3.63) is 33.8 Å². The van der Waals surface area contributed by atoms with Crippen molar-refractivity contribution in [2.45, 2.75) is 32.7 Å². The minimum Gasteiger partial charge on any atom is -0.336 e. The van der Waals surface area contributed by atoms with E-state index in [1.165, 1.54) is 0 Å². The van der Waals surface area contributed by atoms with Gasteiger partial charge in [0.25, 0.3) is 5.91 Å². The van der Waals surface area contributed by atoms with Crippen LogP contribution in [0.5, 0.6) is 0 Å². The highest BCUT2D eigenvalue weighted by atomic mass is 79.9. The van der Waals surface area contributed by atoms with E-state index in [2.05, 4.69) is 22.9 Å². The number of hydrogen-bond acceptors (Lipinski definition) is 1. The van der Waals surface area contributed by atoms with Gasteiger partial charge in [0.15, 0.2) is 0 Å². The molecule has 2 rings (SSSR count). The summed E-state index contributed by atoms with van der Waals surface area (Å²) in [5, 5.41) is 0. The van der Waals surface area contributed by atoms with E-state index in [9.17, 15) is 13.6 Å². The lowest BCUT2D eigenvalue weighted by molar-refractivity contribution is 0.0579. The monoisotopic (exact) mass is 331 g/mol. The molecule has 0 radical (unpaired) electrons. The Labute approximate surface area is 119 Å². The molecule has 0 aromatic heterocycles. The number of rotatable bonds is 1. The lowest BCUT2D eigenvalue weighted by Crippen LogP contribution is -2.44. The molecule has 104 valence electrons. The lowest BCUT2D eigenvalue weighted by atomic mass is 9.93. The van der Waals surface area contributed by atoms with Crippen LogP contribution in [0, 0.1) is 17.6 Å². The Morgan fingerprint density at radius 2 is 1.89 bits per heavy atom. The van der Waals surface area contributed by atoms with Crippen molar-refractivity contribution in [3.8, 4) is 0 Å². The lowest BCUT2D eigenvalue weighted by Gasteiger charge is -2.36. The molecule has 0 spiro atoms. The van der Waals surface area contributed by atoms with Crippen LogP contribution in [0.4, 0.5) is 8.78 Å². The van der Waals surface area contributed by atoms with E-state index in [1.807, 2.05) is 6.92 Å². The molecule has 2 nitrogen and oxygen atoms in total. The third-order valence-electron chi connectivity index (χ3n) is 3.62. The van der Waals surface area contributed by atoms with Gasteiger partial charge in [0.05, 0.1) is 0 Å². The summed E-state index contributed by atoms with van der Waals surface area (Å²) in [5.74, 6) is -1.65. The molecule has 1 amide bonds. The number of amides is 1. The number of nitrogens with zero attached hydrogens (tertiary/aromatic N) is 1. The molecular formula is C14H16BrF2NO.